The molecule has 1 fully saturated rings. The molecule has 1 aliphatic rings. The monoisotopic (exact) mass is 354 g/mol. The van der Waals surface area contributed by atoms with Gasteiger partial charge in [0.15, 0.2) is 6.10 Å². The molecular weight excluding hydrogens is 328 g/mol. The number of hydrogen-bond donors (Lipinski definition) is 0. The van der Waals surface area contributed by atoms with E-state index in [1.54, 1.807) is 6.92 Å². The maximum absolute atomic E-state index is 13.1. The Morgan fingerprint density at radius 2 is 1.69 bits per heavy atom. The van der Waals surface area contributed by atoms with Crippen molar-refractivity contribution in [3.8, 4) is 5.75 Å². The van der Waals surface area contributed by atoms with Crippen LogP contribution in [0.15, 0.2) is 60.7 Å². The summed E-state index contributed by atoms with van der Waals surface area (Å²) in [5.41, 5.74) is 0.897. The van der Waals surface area contributed by atoms with E-state index in [1.807, 2.05) is 65.6 Å². The zero-order chi connectivity index (χ0) is 18.2. The number of anilines is 1. The highest BCUT2D eigenvalue weighted by Crippen LogP contribution is 2.18. The maximum atomic E-state index is 13.1. The lowest BCUT2D eigenvalue weighted by Crippen LogP contribution is -2.46. The summed E-state index contributed by atoms with van der Waals surface area (Å²) in [6.45, 7) is 6.59. The number of amides is 1. The van der Waals surface area contributed by atoms with Crippen LogP contribution in [0, 0.1) is 0 Å². The lowest BCUT2D eigenvalue weighted by molar-refractivity contribution is -0.124. The summed E-state index contributed by atoms with van der Waals surface area (Å²) in [6, 6.07) is 19.3. The van der Waals surface area contributed by atoms with Gasteiger partial charge in [-0.1, -0.05) is 36.4 Å². The molecule has 0 bridgehead atoms. The van der Waals surface area contributed by atoms with E-state index < -0.39 is 6.10 Å². The molecule has 2 aromatic rings. The van der Waals surface area contributed by atoms with E-state index in [0.717, 1.165) is 38.5 Å². The molecule has 1 unspecified atom stereocenters. The summed E-state index contributed by atoms with van der Waals surface area (Å²) >= 11 is 0. The molecule has 0 spiro atoms. The van der Waals surface area contributed by atoms with E-state index in [-0.39, 0.29) is 5.91 Å². The molecule has 1 amide bonds. The van der Waals surface area contributed by atoms with Crippen LogP contribution >= 0.6 is 0 Å². The second-order valence-electron chi connectivity index (χ2n) is 6.35. The van der Waals surface area contributed by atoms with Crippen LogP contribution in [0.4, 0.5) is 5.69 Å². The third-order valence-corrected chi connectivity index (χ3v) is 4.48. The van der Waals surface area contributed by atoms with E-state index in [9.17, 15) is 4.79 Å². The van der Waals surface area contributed by atoms with E-state index in [2.05, 4.69) is 4.90 Å². The fourth-order valence-corrected chi connectivity index (χ4v) is 3.01. The van der Waals surface area contributed by atoms with Gasteiger partial charge in [-0.2, -0.15) is 0 Å². The summed E-state index contributed by atoms with van der Waals surface area (Å²) in [6.07, 6.45) is -0.553. The predicted molar refractivity (Wildman–Crippen MR) is 103 cm³/mol. The quantitative estimate of drug-likeness (QED) is 0.767. The lowest BCUT2D eigenvalue weighted by atomic mass is 10.2. The zero-order valence-corrected chi connectivity index (χ0v) is 15.2. The Labute approximate surface area is 155 Å². The first-order chi connectivity index (χ1) is 12.7. The fraction of sp³-hybridized carbons (Fsp3) is 0.381. The zero-order valence-electron chi connectivity index (χ0n) is 15.2. The minimum Gasteiger partial charge on any atom is -0.481 e. The summed E-state index contributed by atoms with van der Waals surface area (Å²) < 4.78 is 11.2. The van der Waals surface area contributed by atoms with Gasteiger partial charge < -0.3 is 14.4 Å². The number of carbonyl (C=O) groups is 1. The Kier molecular flexibility index (Phi) is 6.63. The summed E-state index contributed by atoms with van der Waals surface area (Å²) in [5.74, 6) is 0.669. The highest BCUT2D eigenvalue weighted by Gasteiger charge is 2.24. The van der Waals surface area contributed by atoms with Crippen molar-refractivity contribution in [3.63, 3.8) is 0 Å². The van der Waals surface area contributed by atoms with Crippen LogP contribution in [0.5, 0.6) is 5.75 Å². The molecule has 5 heteroatoms. The average molecular weight is 354 g/mol. The summed E-state index contributed by atoms with van der Waals surface area (Å²) in [7, 11) is 0. The number of nitrogens with zero attached hydrogens (tertiary/aromatic N) is 2. The van der Waals surface area contributed by atoms with Gasteiger partial charge in [-0.15, -0.1) is 0 Å². The van der Waals surface area contributed by atoms with Crippen molar-refractivity contribution < 1.29 is 14.3 Å². The third kappa shape index (κ3) is 5.07. The van der Waals surface area contributed by atoms with Crippen LogP contribution in [0.2, 0.25) is 0 Å². The molecule has 3 rings (SSSR count). The Balaban J connectivity index is 1.68. The molecule has 1 aliphatic heterocycles. The number of para-hydroxylation sites is 2. The number of carbonyl (C=O) groups excluding carboxylic acids is 1. The first-order valence-electron chi connectivity index (χ1n) is 9.12. The third-order valence-electron chi connectivity index (χ3n) is 4.48. The smallest absolute Gasteiger partial charge is 0.267 e. The van der Waals surface area contributed by atoms with Crippen LogP contribution in [0.1, 0.15) is 6.92 Å². The maximum Gasteiger partial charge on any atom is 0.267 e. The van der Waals surface area contributed by atoms with Gasteiger partial charge in [0.1, 0.15) is 5.75 Å². The molecule has 138 valence electrons. The highest BCUT2D eigenvalue weighted by molar-refractivity contribution is 5.96. The van der Waals surface area contributed by atoms with Crippen molar-refractivity contribution in [1.29, 1.82) is 0 Å². The molecule has 1 heterocycles. The van der Waals surface area contributed by atoms with Crippen molar-refractivity contribution in [2.24, 2.45) is 0 Å². The van der Waals surface area contributed by atoms with Crippen LogP contribution in [0.25, 0.3) is 0 Å². The largest absolute Gasteiger partial charge is 0.481 e. The molecule has 0 saturated carbocycles. The molecule has 0 N–H and O–H groups in total. The molecule has 0 radical (unpaired) electrons. The molecule has 1 atom stereocenters. The van der Waals surface area contributed by atoms with Gasteiger partial charge in [0.05, 0.1) is 13.2 Å². The average Bonchev–Trinajstić information content (AvgIpc) is 2.70. The standard InChI is InChI=1S/C21H26N2O3/c1-18(26-20-10-6-3-7-11-20)21(24)23(19-8-4-2-5-9-19)13-12-22-14-16-25-17-15-22/h2-11,18H,12-17H2,1H3. The van der Waals surface area contributed by atoms with Gasteiger partial charge >= 0.3 is 0 Å². The minimum absolute atomic E-state index is 0.0340. The number of hydrogen-bond acceptors (Lipinski definition) is 4. The topological polar surface area (TPSA) is 42.0 Å². The van der Waals surface area contributed by atoms with Crippen LogP contribution in [-0.2, 0) is 9.53 Å². The van der Waals surface area contributed by atoms with Gasteiger partial charge in [-0.25, -0.2) is 0 Å². The SMILES string of the molecule is CC(Oc1ccccc1)C(=O)N(CCN1CCOCC1)c1ccccc1. The van der Waals surface area contributed by atoms with Crippen LogP contribution in [0.3, 0.4) is 0 Å². The van der Waals surface area contributed by atoms with E-state index in [4.69, 9.17) is 9.47 Å². The number of benzene rings is 2. The summed E-state index contributed by atoms with van der Waals surface area (Å²) in [4.78, 5) is 17.2. The van der Waals surface area contributed by atoms with E-state index in [0.29, 0.717) is 12.3 Å². The molecule has 1 saturated heterocycles. The van der Waals surface area contributed by atoms with Gasteiger partial charge in [-0.05, 0) is 31.2 Å². The fourth-order valence-electron chi connectivity index (χ4n) is 3.01. The summed E-state index contributed by atoms with van der Waals surface area (Å²) in [5, 5.41) is 0. The van der Waals surface area contributed by atoms with Crippen LogP contribution in [-0.4, -0.2) is 56.3 Å². The van der Waals surface area contributed by atoms with Crippen LogP contribution < -0.4 is 9.64 Å². The Morgan fingerprint density at radius 1 is 1.08 bits per heavy atom. The Hall–Kier alpha value is -2.37. The lowest BCUT2D eigenvalue weighted by Gasteiger charge is -2.31. The second kappa shape index (κ2) is 9.36. The van der Waals surface area contributed by atoms with E-state index in [1.165, 1.54) is 0 Å². The predicted octanol–water partition coefficient (Wildman–Crippen LogP) is 2.82. The van der Waals surface area contributed by atoms with Crippen molar-refractivity contribution in [2.45, 2.75) is 13.0 Å². The van der Waals surface area contributed by atoms with Crippen molar-refractivity contribution in [3.05, 3.63) is 60.7 Å². The van der Waals surface area contributed by atoms with Gasteiger partial charge in [0.2, 0.25) is 0 Å². The first-order valence-corrected chi connectivity index (χ1v) is 9.12. The minimum atomic E-state index is -0.553. The highest BCUT2D eigenvalue weighted by atomic mass is 16.5. The van der Waals surface area contributed by atoms with E-state index >= 15 is 0 Å². The molecular formula is C21H26N2O3. The van der Waals surface area contributed by atoms with Gasteiger partial charge in [-0.3, -0.25) is 9.69 Å². The molecule has 5 nitrogen and oxygen atoms in total. The van der Waals surface area contributed by atoms with Crippen molar-refractivity contribution in [2.75, 3.05) is 44.3 Å². The molecule has 0 aliphatic carbocycles. The molecule has 0 aromatic heterocycles. The molecule has 2 aromatic carbocycles. The first kappa shape index (κ1) is 18.4. The van der Waals surface area contributed by atoms with Crippen molar-refractivity contribution in [1.82, 2.24) is 4.90 Å². The Morgan fingerprint density at radius 3 is 2.35 bits per heavy atom. The molecule has 26 heavy (non-hydrogen) atoms. The number of morpholine rings is 1. The number of ether oxygens (including phenoxy) is 2. The van der Waals surface area contributed by atoms with Gasteiger partial charge in [0.25, 0.3) is 5.91 Å². The normalized spacial score (nSPS) is 16.0. The Bertz CT molecular complexity index is 672. The van der Waals surface area contributed by atoms with Crippen molar-refractivity contribution >= 4 is 11.6 Å². The van der Waals surface area contributed by atoms with Gasteiger partial charge in [0, 0.05) is 31.9 Å². The number of rotatable bonds is 7. The second-order valence-corrected chi connectivity index (χ2v) is 6.35.